The molecule has 0 fully saturated rings. The van der Waals surface area contributed by atoms with Crippen LogP contribution < -0.4 is 5.73 Å². The molecule has 2 N–H and O–H groups in total. The molecule has 0 aliphatic rings. The van der Waals surface area contributed by atoms with Crippen LogP contribution in [0.5, 0.6) is 0 Å². The Morgan fingerprint density at radius 3 is 2.14 bits per heavy atom. The molecule has 0 aromatic heterocycles. The molecule has 1 nitrogen and oxygen atoms in total. The molecule has 0 atom stereocenters. The smallest absolute Gasteiger partial charge is 0.398 e. The summed E-state index contributed by atoms with van der Waals surface area (Å²) < 4.78 is 64.4. The number of thioether (sulfide) groups is 1. The zero-order chi connectivity index (χ0) is 15.6. The normalized spacial score (nSPS) is 11.7. The van der Waals surface area contributed by atoms with E-state index in [1.807, 2.05) is 0 Å². The molecule has 7 heteroatoms. The molecule has 0 saturated heterocycles. The van der Waals surface area contributed by atoms with Gasteiger partial charge in [0.05, 0.1) is 5.56 Å². The second kappa shape index (κ2) is 5.93. The molecular weight excluding hydrogens is 309 g/mol. The highest BCUT2D eigenvalue weighted by Gasteiger charge is 2.30. The lowest BCUT2D eigenvalue weighted by molar-refractivity contribution is -0.137. The zero-order valence-corrected chi connectivity index (χ0v) is 11.4. The second-order valence-electron chi connectivity index (χ2n) is 4.24. The molecule has 0 radical (unpaired) electrons. The molecule has 112 valence electrons. The molecule has 2 aromatic rings. The van der Waals surface area contributed by atoms with Gasteiger partial charge < -0.3 is 5.73 Å². The number of benzene rings is 2. The van der Waals surface area contributed by atoms with Crippen molar-refractivity contribution in [2.75, 3.05) is 5.73 Å². The van der Waals surface area contributed by atoms with Crippen LogP contribution >= 0.6 is 11.8 Å². The Hall–Kier alpha value is -1.76. The van der Waals surface area contributed by atoms with Gasteiger partial charge in [-0.25, -0.2) is 8.78 Å². The van der Waals surface area contributed by atoms with E-state index in [1.54, 1.807) is 0 Å². The lowest BCUT2D eigenvalue weighted by Gasteiger charge is -2.11. The molecule has 0 bridgehead atoms. The molecule has 0 amide bonds. The van der Waals surface area contributed by atoms with Gasteiger partial charge in [-0.05, 0) is 30.3 Å². The number of nitrogen functional groups attached to an aromatic ring is 1. The van der Waals surface area contributed by atoms with E-state index in [9.17, 15) is 22.0 Å². The second-order valence-corrected chi connectivity index (χ2v) is 5.26. The first-order valence-corrected chi connectivity index (χ1v) is 6.80. The summed E-state index contributed by atoms with van der Waals surface area (Å²) in [5.41, 5.74) is 4.48. The average Bonchev–Trinajstić information content (AvgIpc) is 2.38. The van der Waals surface area contributed by atoms with Crippen molar-refractivity contribution < 1.29 is 22.0 Å². The highest BCUT2D eigenvalue weighted by atomic mass is 32.2. The lowest BCUT2D eigenvalue weighted by atomic mass is 10.2. The van der Waals surface area contributed by atoms with Gasteiger partial charge in [-0.15, -0.1) is 11.8 Å². The number of halogens is 5. The molecular formula is C14H10F5NS. The average molecular weight is 319 g/mol. The largest absolute Gasteiger partial charge is 0.416 e. The SMILES string of the molecule is Nc1cc(C(F)(F)F)ccc1SCc1c(F)cccc1F. The van der Waals surface area contributed by atoms with Crippen molar-refractivity contribution in [3.05, 3.63) is 59.2 Å². The maximum Gasteiger partial charge on any atom is 0.416 e. The van der Waals surface area contributed by atoms with Crippen LogP contribution in [0.15, 0.2) is 41.3 Å². The predicted molar refractivity (Wildman–Crippen MR) is 71.8 cm³/mol. The first-order chi connectivity index (χ1) is 9.79. The third-order valence-electron chi connectivity index (χ3n) is 2.77. The van der Waals surface area contributed by atoms with Gasteiger partial charge in [-0.1, -0.05) is 6.07 Å². The van der Waals surface area contributed by atoms with E-state index in [1.165, 1.54) is 12.1 Å². The van der Waals surface area contributed by atoms with Gasteiger partial charge >= 0.3 is 6.18 Å². The topological polar surface area (TPSA) is 26.0 Å². The van der Waals surface area contributed by atoms with E-state index in [2.05, 4.69) is 0 Å². The van der Waals surface area contributed by atoms with Gasteiger partial charge in [-0.2, -0.15) is 13.2 Å². The third-order valence-corrected chi connectivity index (χ3v) is 3.89. The number of hydrogen-bond acceptors (Lipinski definition) is 2. The summed E-state index contributed by atoms with van der Waals surface area (Å²) >= 11 is 0.975. The summed E-state index contributed by atoms with van der Waals surface area (Å²) in [5, 5.41) is 0. The molecule has 0 heterocycles. The van der Waals surface area contributed by atoms with Crippen LogP contribution in [-0.2, 0) is 11.9 Å². The Bertz CT molecular complexity index is 634. The van der Waals surface area contributed by atoms with Gasteiger partial charge in [0.15, 0.2) is 0 Å². The van der Waals surface area contributed by atoms with Crippen molar-refractivity contribution in [3.63, 3.8) is 0 Å². The first kappa shape index (κ1) is 15.6. The molecule has 0 unspecified atom stereocenters. The Kier molecular flexibility index (Phi) is 4.41. The molecule has 2 aromatic carbocycles. The summed E-state index contributed by atoms with van der Waals surface area (Å²) in [6, 6.07) is 6.37. The predicted octanol–water partition coefficient (Wildman–Crippen LogP) is 4.86. The highest BCUT2D eigenvalue weighted by molar-refractivity contribution is 7.98. The highest BCUT2D eigenvalue weighted by Crippen LogP contribution is 2.35. The molecule has 0 aliphatic carbocycles. The number of rotatable bonds is 3. The van der Waals surface area contributed by atoms with Crippen molar-refractivity contribution in [1.29, 1.82) is 0 Å². The summed E-state index contributed by atoms with van der Waals surface area (Å²) in [4.78, 5) is 0.339. The number of anilines is 1. The lowest BCUT2D eigenvalue weighted by Crippen LogP contribution is -2.05. The van der Waals surface area contributed by atoms with E-state index >= 15 is 0 Å². The summed E-state index contributed by atoms with van der Waals surface area (Å²) in [6.45, 7) is 0. The number of alkyl halides is 3. The quantitative estimate of drug-likeness (QED) is 0.497. The first-order valence-electron chi connectivity index (χ1n) is 5.81. The van der Waals surface area contributed by atoms with E-state index in [0.29, 0.717) is 4.90 Å². The maximum absolute atomic E-state index is 13.4. The maximum atomic E-state index is 13.4. The van der Waals surface area contributed by atoms with Crippen LogP contribution in [0.1, 0.15) is 11.1 Å². The van der Waals surface area contributed by atoms with Crippen LogP contribution in [0.3, 0.4) is 0 Å². The Labute approximate surface area is 122 Å². The van der Waals surface area contributed by atoms with Crippen molar-refractivity contribution in [1.82, 2.24) is 0 Å². The zero-order valence-electron chi connectivity index (χ0n) is 10.5. The fourth-order valence-corrected chi connectivity index (χ4v) is 2.64. The van der Waals surface area contributed by atoms with Crippen LogP contribution in [0, 0.1) is 11.6 Å². The van der Waals surface area contributed by atoms with E-state index in [4.69, 9.17) is 5.73 Å². The van der Waals surface area contributed by atoms with Crippen LogP contribution in [0.25, 0.3) is 0 Å². The molecule has 0 saturated carbocycles. The van der Waals surface area contributed by atoms with E-state index in [0.717, 1.165) is 36.0 Å². The Morgan fingerprint density at radius 2 is 1.62 bits per heavy atom. The van der Waals surface area contributed by atoms with E-state index in [-0.39, 0.29) is 17.0 Å². The number of hydrogen-bond donors (Lipinski definition) is 1. The Balaban J connectivity index is 2.18. The molecule has 2 rings (SSSR count). The van der Waals surface area contributed by atoms with Gasteiger partial charge in [0.1, 0.15) is 11.6 Å². The van der Waals surface area contributed by atoms with Crippen molar-refractivity contribution in [2.24, 2.45) is 0 Å². The summed E-state index contributed by atoms with van der Waals surface area (Å²) in [7, 11) is 0. The third kappa shape index (κ3) is 3.66. The van der Waals surface area contributed by atoms with Crippen LogP contribution in [-0.4, -0.2) is 0 Å². The standard InChI is InChI=1S/C14H10F5NS/c15-10-2-1-3-11(16)9(10)7-21-13-5-4-8(6-12(13)20)14(17,18)19/h1-6H,7,20H2. The molecule has 0 aliphatic heterocycles. The summed E-state index contributed by atoms with van der Waals surface area (Å²) in [5.74, 6) is -1.46. The van der Waals surface area contributed by atoms with Gasteiger partial charge in [0.25, 0.3) is 0 Å². The van der Waals surface area contributed by atoms with Crippen LogP contribution in [0.2, 0.25) is 0 Å². The minimum Gasteiger partial charge on any atom is -0.398 e. The fraction of sp³-hybridized carbons (Fsp3) is 0.143. The minimum atomic E-state index is -4.48. The van der Waals surface area contributed by atoms with Gasteiger partial charge in [0.2, 0.25) is 0 Å². The molecule has 21 heavy (non-hydrogen) atoms. The van der Waals surface area contributed by atoms with Crippen LogP contribution in [0.4, 0.5) is 27.6 Å². The van der Waals surface area contributed by atoms with Crippen molar-refractivity contribution in [3.8, 4) is 0 Å². The minimum absolute atomic E-state index is 0.0614. The van der Waals surface area contributed by atoms with Crippen molar-refractivity contribution >= 4 is 17.4 Å². The van der Waals surface area contributed by atoms with Gasteiger partial charge in [0, 0.05) is 21.9 Å². The fourth-order valence-electron chi connectivity index (χ4n) is 1.68. The summed E-state index contributed by atoms with van der Waals surface area (Å²) in [6.07, 6.45) is -4.48. The monoisotopic (exact) mass is 319 g/mol. The number of nitrogens with two attached hydrogens (primary N) is 1. The van der Waals surface area contributed by atoms with E-state index < -0.39 is 23.4 Å². The van der Waals surface area contributed by atoms with Crippen molar-refractivity contribution in [2.45, 2.75) is 16.8 Å². The Morgan fingerprint density at radius 1 is 1.00 bits per heavy atom. The molecule has 0 spiro atoms. The van der Waals surface area contributed by atoms with Gasteiger partial charge in [-0.3, -0.25) is 0 Å².